The summed E-state index contributed by atoms with van der Waals surface area (Å²) < 4.78 is 0. The minimum absolute atomic E-state index is 0.0607. The summed E-state index contributed by atoms with van der Waals surface area (Å²) in [7, 11) is 2.11. The molecule has 150 valence electrons. The van der Waals surface area contributed by atoms with Crippen LogP contribution in [0.5, 0.6) is 0 Å². The maximum atomic E-state index is 12.3. The van der Waals surface area contributed by atoms with Crippen LogP contribution in [0.15, 0.2) is 35.0 Å². The Morgan fingerprint density at radius 3 is 2.57 bits per heavy atom. The second kappa shape index (κ2) is 9.52. The number of nitrogens with one attached hydrogen (secondary N) is 2. The zero-order valence-corrected chi connectivity index (χ0v) is 17.6. The molecule has 1 atom stereocenters. The summed E-state index contributed by atoms with van der Waals surface area (Å²) in [6, 6.07) is 7.31. The number of aryl methyl sites for hydroxylation is 1. The van der Waals surface area contributed by atoms with Crippen molar-refractivity contribution in [3.05, 3.63) is 51.2 Å². The second-order valence-corrected chi connectivity index (χ2v) is 8.23. The van der Waals surface area contributed by atoms with E-state index in [-0.39, 0.29) is 6.04 Å². The number of hydrogen-bond acceptors (Lipinski definition) is 5. The molecule has 0 unspecified atom stereocenters. The number of rotatable bonds is 5. The first-order valence-corrected chi connectivity index (χ1v) is 10.6. The molecule has 2 N–H and O–H groups in total. The molecule has 28 heavy (non-hydrogen) atoms. The number of benzene rings is 1. The topological polar surface area (TPSA) is 64.7 Å². The third kappa shape index (κ3) is 5.32. The molecular weight excluding hydrogens is 396 g/mol. The van der Waals surface area contributed by atoms with Gasteiger partial charge < -0.3 is 15.5 Å². The number of likely N-dealkylation sites (N-methyl/N-ethyl adjacent to an activating group) is 1. The smallest absolute Gasteiger partial charge is 0.313 e. The van der Waals surface area contributed by atoms with Crippen molar-refractivity contribution in [2.75, 3.05) is 45.1 Å². The van der Waals surface area contributed by atoms with Gasteiger partial charge in [-0.25, -0.2) is 0 Å². The van der Waals surface area contributed by atoms with Gasteiger partial charge in [0.05, 0.1) is 6.04 Å². The molecule has 0 bridgehead atoms. The summed E-state index contributed by atoms with van der Waals surface area (Å²) in [5, 5.41) is 10.1. The number of carbonyl (C=O) groups excluding carboxylic acids is 2. The lowest BCUT2D eigenvalue weighted by atomic mass is 10.1. The van der Waals surface area contributed by atoms with Crippen LogP contribution in [0, 0.1) is 6.92 Å². The highest BCUT2D eigenvalue weighted by Gasteiger charge is 2.25. The van der Waals surface area contributed by atoms with Gasteiger partial charge in [0.25, 0.3) is 0 Å². The molecule has 1 aliphatic heterocycles. The maximum absolute atomic E-state index is 12.3. The summed E-state index contributed by atoms with van der Waals surface area (Å²) in [4.78, 5) is 29.2. The Morgan fingerprint density at radius 1 is 1.18 bits per heavy atom. The van der Waals surface area contributed by atoms with Gasteiger partial charge in [0.1, 0.15) is 0 Å². The van der Waals surface area contributed by atoms with Gasteiger partial charge in [0, 0.05) is 43.4 Å². The average Bonchev–Trinajstić information content (AvgIpc) is 3.20. The van der Waals surface area contributed by atoms with E-state index in [9.17, 15) is 9.59 Å². The van der Waals surface area contributed by atoms with Crippen molar-refractivity contribution in [1.82, 2.24) is 15.1 Å². The maximum Gasteiger partial charge on any atom is 0.313 e. The highest BCUT2D eigenvalue weighted by atomic mass is 35.5. The lowest BCUT2D eigenvalue weighted by Gasteiger charge is -2.37. The zero-order chi connectivity index (χ0) is 20.1. The minimum Gasteiger partial charge on any atom is -0.346 e. The number of anilines is 1. The van der Waals surface area contributed by atoms with Crippen LogP contribution in [0.25, 0.3) is 0 Å². The molecule has 2 amide bonds. The first-order chi connectivity index (χ1) is 13.4. The summed E-state index contributed by atoms with van der Waals surface area (Å²) in [6.07, 6.45) is 0. The van der Waals surface area contributed by atoms with Crippen molar-refractivity contribution in [3.8, 4) is 0 Å². The molecule has 0 spiro atoms. The second-order valence-electron chi connectivity index (χ2n) is 7.04. The third-order valence-corrected chi connectivity index (χ3v) is 6.11. The Kier molecular flexibility index (Phi) is 7.07. The van der Waals surface area contributed by atoms with Crippen LogP contribution in [0.3, 0.4) is 0 Å². The van der Waals surface area contributed by atoms with E-state index in [0.717, 1.165) is 31.7 Å². The fourth-order valence-corrected chi connectivity index (χ4v) is 4.07. The van der Waals surface area contributed by atoms with Crippen molar-refractivity contribution in [2.45, 2.75) is 13.0 Å². The molecule has 1 aliphatic rings. The number of hydrogen-bond donors (Lipinski definition) is 2. The van der Waals surface area contributed by atoms with Gasteiger partial charge in [0.15, 0.2) is 0 Å². The van der Waals surface area contributed by atoms with Crippen LogP contribution in [0.4, 0.5) is 5.69 Å². The van der Waals surface area contributed by atoms with Gasteiger partial charge in [-0.05, 0) is 54.1 Å². The summed E-state index contributed by atoms with van der Waals surface area (Å²) in [5.41, 5.74) is 2.58. The molecule has 1 aromatic heterocycles. The first-order valence-electron chi connectivity index (χ1n) is 9.24. The number of thiophene rings is 1. The van der Waals surface area contributed by atoms with Gasteiger partial charge in [0.2, 0.25) is 0 Å². The molecule has 0 radical (unpaired) electrons. The zero-order valence-electron chi connectivity index (χ0n) is 16.1. The third-order valence-electron chi connectivity index (χ3n) is 5.00. The molecule has 2 aromatic rings. The predicted molar refractivity (Wildman–Crippen MR) is 114 cm³/mol. The molecule has 6 nitrogen and oxygen atoms in total. The summed E-state index contributed by atoms with van der Waals surface area (Å²) >= 11 is 7.71. The van der Waals surface area contributed by atoms with Crippen molar-refractivity contribution >= 4 is 40.4 Å². The number of carbonyl (C=O) groups is 2. The van der Waals surface area contributed by atoms with Crippen LogP contribution in [0.2, 0.25) is 5.02 Å². The minimum atomic E-state index is -0.692. The Labute approximate surface area is 174 Å². The van der Waals surface area contributed by atoms with Gasteiger partial charge in [-0.3, -0.25) is 14.5 Å². The fourth-order valence-electron chi connectivity index (χ4n) is 3.18. The summed E-state index contributed by atoms with van der Waals surface area (Å²) in [5.74, 6) is -1.34. The van der Waals surface area contributed by atoms with E-state index < -0.39 is 11.8 Å². The number of nitrogens with zero attached hydrogens (tertiary/aromatic N) is 2. The Balaban J connectivity index is 1.59. The highest BCUT2D eigenvalue weighted by Crippen LogP contribution is 2.24. The molecule has 2 heterocycles. The summed E-state index contributed by atoms with van der Waals surface area (Å²) in [6.45, 7) is 6.11. The van der Waals surface area contributed by atoms with E-state index >= 15 is 0 Å². The lowest BCUT2D eigenvalue weighted by molar-refractivity contribution is -0.136. The average molecular weight is 421 g/mol. The van der Waals surface area contributed by atoms with Gasteiger partial charge in [-0.2, -0.15) is 11.3 Å². The molecule has 1 aromatic carbocycles. The van der Waals surface area contributed by atoms with Crippen molar-refractivity contribution in [2.24, 2.45) is 0 Å². The van der Waals surface area contributed by atoms with E-state index in [1.54, 1.807) is 29.5 Å². The van der Waals surface area contributed by atoms with E-state index in [0.29, 0.717) is 17.3 Å². The first kappa shape index (κ1) is 20.8. The SMILES string of the molecule is Cc1ccc(NC(=O)C(=O)NC[C@@H](c2ccsc2)N2CCN(C)CC2)cc1Cl. The van der Waals surface area contributed by atoms with Gasteiger partial charge in [-0.1, -0.05) is 17.7 Å². The van der Waals surface area contributed by atoms with Crippen LogP contribution in [-0.4, -0.2) is 61.4 Å². The van der Waals surface area contributed by atoms with Crippen LogP contribution in [-0.2, 0) is 9.59 Å². The molecule has 8 heteroatoms. The highest BCUT2D eigenvalue weighted by molar-refractivity contribution is 7.08. The van der Waals surface area contributed by atoms with Crippen LogP contribution >= 0.6 is 22.9 Å². The molecule has 0 aliphatic carbocycles. The standard InChI is InChI=1S/C20H25ClN4O2S/c1-14-3-4-16(11-17(14)21)23-20(27)19(26)22-12-18(15-5-10-28-13-15)25-8-6-24(2)7-9-25/h3-5,10-11,13,18H,6-9,12H2,1-2H3,(H,22,26)(H,23,27)/t18-/m0/s1. The molecule has 3 rings (SSSR count). The number of amides is 2. The monoisotopic (exact) mass is 420 g/mol. The van der Waals surface area contributed by atoms with Crippen molar-refractivity contribution < 1.29 is 9.59 Å². The Morgan fingerprint density at radius 2 is 1.93 bits per heavy atom. The van der Waals surface area contributed by atoms with E-state index in [2.05, 4.69) is 38.9 Å². The molecule has 1 saturated heterocycles. The Hall–Kier alpha value is -1.93. The molecular formula is C20H25ClN4O2S. The van der Waals surface area contributed by atoms with Crippen LogP contribution in [0.1, 0.15) is 17.2 Å². The largest absolute Gasteiger partial charge is 0.346 e. The van der Waals surface area contributed by atoms with Crippen molar-refractivity contribution in [1.29, 1.82) is 0 Å². The quantitative estimate of drug-likeness (QED) is 0.730. The van der Waals surface area contributed by atoms with E-state index in [1.165, 1.54) is 5.56 Å². The molecule has 1 fully saturated rings. The van der Waals surface area contributed by atoms with Gasteiger partial charge >= 0.3 is 11.8 Å². The number of halogens is 1. The van der Waals surface area contributed by atoms with E-state index in [1.807, 2.05) is 12.3 Å². The lowest BCUT2D eigenvalue weighted by Crippen LogP contribution is -2.49. The van der Waals surface area contributed by atoms with Crippen molar-refractivity contribution in [3.63, 3.8) is 0 Å². The van der Waals surface area contributed by atoms with Gasteiger partial charge in [-0.15, -0.1) is 0 Å². The van der Waals surface area contributed by atoms with Crippen LogP contribution < -0.4 is 10.6 Å². The number of piperazine rings is 1. The molecule has 0 saturated carbocycles. The predicted octanol–water partition coefficient (Wildman–Crippen LogP) is 2.75. The van der Waals surface area contributed by atoms with E-state index in [4.69, 9.17) is 11.6 Å². The normalized spacial score (nSPS) is 16.5. The fraction of sp³-hybridized carbons (Fsp3) is 0.400. The Bertz CT molecular complexity index is 820.